The highest BCUT2D eigenvalue weighted by atomic mass is 35.5. The maximum absolute atomic E-state index is 13.9. The number of hydrogen-bond donors (Lipinski definition) is 1. The molecule has 0 aliphatic carbocycles. The zero-order chi connectivity index (χ0) is 20.9. The molecule has 0 amide bonds. The number of fused-ring (bicyclic) bond motifs is 1. The van der Waals surface area contributed by atoms with E-state index in [1.165, 1.54) is 6.07 Å². The summed E-state index contributed by atoms with van der Waals surface area (Å²) < 4.78 is 36.1. The van der Waals surface area contributed by atoms with Gasteiger partial charge in [-0.3, -0.25) is 0 Å². The number of anilines is 1. The van der Waals surface area contributed by atoms with Crippen molar-refractivity contribution in [1.82, 2.24) is 0 Å². The number of benzene rings is 3. The molecule has 5 nitrogen and oxygen atoms in total. The molecule has 0 atom stereocenters. The summed E-state index contributed by atoms with van der Waals surface area (Å²) in [6.07, 6.45) is 0. The van der Waals surface area contributed by atoms with Gasteiger partial charge in [0.05, 0.1) is 6.61 Å². The van der Waals surface area contributed by atoms with Gasteiger partial charge in [-0.2, -0.15) is 0 Å². The Bertz CT molecular complexity index is 1040. The van der Waals surface area contributed by atoms with E-state index in [0.717, 1.165) is 17.0 Å². The minimum absolute atomic E-state index is 0.0812. The second kappa shape index (κ2) is 9.13. The first kappa shape index (κ1) is 20.2. The van der Waals surface area contributed by atoms with Crippen molar-refractivity contribution in [1.29, 1.82) is 0 Å². The van der Waals surface area contributed by atoms with Crippen molar-refractivity contribution < 1.29 is 23.3 Å². The minimum Gasteiger partial charge on any atom is -0.490 e. The molecule has 0 unspecified atom stereocenters. The van der Waals surface area contributed by atoms with E-state index in [1.54, 1.807) is 24.3 Å². The molecule has 3 aromatic rings. The zero-order valence-electron chi connectivity index (χ0n) is 16.4. The number of nitrogens with one attached hydrogen (secondary N) is 1. The topological polar surface area (TPSA) is 49.0 Å². The van der Waals surface area contributed by atoms with Crippen LogP contribution in [-0.2, 0) is 13.2 Å². The van der Waals surface area contributed by atoms with Gasteiger partial charge in [0.1, 0.15) is 12.4 Å². The van der Waals surface area contributed by atoms with Crippen molar-refractivity contribution in [2.45, 2.75) is 20.1 Å². The van der Waals surface area contributed by atoms with Gasteiger partial charge in [-0.15, -0.1) is 0 Å². The molecule has 4 rings (SSSR count). The molecule has 7 heteroatoms. The van der Waals surface area contributed by atoms with Crippen LogP contribution in [0.5, 0.6) is 23.0 Å². The smallest absolute Gasteiger partial charge is 0.231 e. The summed E-state index contributed by atoms with van der Waals surface area (Å²) in [5.74, 6) is 2.15. The van der Waals surface area contributed by atoms with Gasteiger partial charge >= 0.3 is 0 Å². The molecule has 30 heavy (non-hydrogen) atoms. The van der Waals surface area contributed by atoms with Gasteiger partial charge in [0, 0.05) is 35.0 Å². The van der Waals surface area contributed by atoms with Gasteiger partial charge in [0.15, 0.2) is 23.0 Å². The fraction of sp³-hybridized carbons (Fsp3) is 0.217. The van der Waals surface area contributed by atoms with Crippen LogP contribution >= 0.6 is 11.6 Å². The highest BCUT2D eigenvalue weighted by molar-refractivity contribution is 6.31. The van der Waals surface area contributed by atoms with Crippen LogP contribution in [0.25, 0.3) is 0 Å². The van der Waals surface area contributed by atoms with Gasteiger partial charge in [-0.05, 0) is 36.8 Å². The predicted molar refractivity (Wildman–Crippen MR) is 113 cm³/mol. The molecule has 0 fully saturated rings. The quantitative estimate of drug-likeness (QED) is 0.490. The molecule has 0 spiro atoms. The summed E-state index contributed by atoms with van der Waals surface area (Å²) in [5.41, 5.74) is 2.19. The Kier molecular flexibility index (Phi) is 6.14. The van der Waals surface area contributed by atoms with Crippen molar-refractivity contribution in [2.75, 3.05) is 18.7 Å². The van der Waals surface area contributed by atoms with Gasteiger partial charge < -0.3 is 24.3 Å². The molecule has 0 saturated heterocycles. The Hall–Kier alpha value is -3.12. The van der Waals surface area contributed by atoms with E-state index in [-0.39, 0.29) is 19.2 Å². The summed E-state index contributed by atoms with van der Waals surface area (Å²) in [6.45, 7) is 3.15. The molecule has 0 aromatic heterocycles. The second-order valence-electron chi connectivity index (χ2n) is 6.63. The first-order valence-corrected chi connectivity index (χ1v) is 9.96. The molecule has 1 aliphatic rings. The van der Waals surface area contributed by atoms with Crippen molar-refractivity contribution in [3.8, 4) is 23.0 Å². The fourth-order valence-electron chi connectivity index (χ4n) is 3.07. The van der Waals surface area contributed by atoms with E-state index in [4.69, 9.17) is 30.5 Å². The lowest BCUT2D eigenvalue weighted by Crippen LogP contribution is -2.04. The molecule has 156 valence electrons. The molecule has 1 aliphatic heterocycles. The zero-order valence-corrected chi connectivity index (χ0v) is 17.2. The Balaban J connectivity index is 1.48. The standard InChI is InChI=1S/C23H21ClFNO4/c1-2-27-21-9-16(12-26-17-7-8-20-22(10-17)30-14-29-20)18(24)11-23(21)28-13-15-5-3-4-6-19(15)25/h3-11,26H,2,12-14H2,1H3. The van der Waals surface area contributed by atoms with Crippen molar-refractivity contribution >= 4 is 17.3 Å². The fourth-order valence-corrected chi connectivity index (χ4v) is 3.29. The van der Waals surface area contributed by atoms with Crippen LogP contribution in [0.2, 0.25) is 5.02 Å². The van der Waals surface area contributed by atoms with Crippen molar-refractivity contribution in [2.24, 2.45) is 0 Å². The third kappa shape index (κ3) is 4.54. The number of halogens is 2. The highest BCUT2D eigenvalue weighted by Gasteiger charge is 2.15. The highest BCUT2D eigenvalue weighted by Crippen LogP contribution is 2.36. The molecule has 1 heterocycles. The van der Waals surface area contributed by atoms with Gasteiger partial charge in [-0.1, -0.05) is 29.8 Å². The lowest BCUT2D eigenvalue weighted by atomic mass is 10.1. The summed E-state index contributed by atoms with van der Waals surface area (Å²) in [4.78, 5) is 0. The lowest BCUT2D eigenvalue weighted by Gasteiger charge is -2.16. The molecule has 0 saturated carbocycles. The number of ether oxygens (including phenoxy) is 4. The number of hydrogen-bond acceptors (Lipinski definition) is 5. The molecule has 1 N–H and O–H groups in total. The van der Waals surface area contributed by atoms with E-state index in [9.17, 15) is 4.39 Å². The van der Waals surface area contributed by atoms with Crippen molar-refractivity contribution in [3.63, 3.8) is 0 Å². The Morgan fingerprint density at radius 2 is 1.77 bits per heavy atom. The van der Waals surface area contributed by atoms with E-state index in [1.807, 2.05) is 31.2 Å². The molecule has 0 bridgehead atoms. The maximum atomic E-state index is 13.9. The first-order chi connectivity index (χ1) is 14.6. The van der Waals surface area contributed by atoms with Crippen LogP contribution in [0.4, 0.5) is 10.1 Å². The van der Waals surface area contributed by atoms with Crippen LogP contribution in [0.1, 0.15) is 18.1 Å². The maximum Gasteiger partial charge on any atom is 0.231 e. The first-order valence-electron chi connectivity index (χ1n) is 9.59. The van der Waals surface area contributed by atoms with E-state index in [2.05, 4.69) is 5.32 Å². The molecular formula is C23H21ClFNO4. The normalized spacial score (nSPS) is 12.0. The summed E-state index contributed by atoms with van der Waals surface area (Å²) >= 11 is 6.48. The third-order valence-electron chi connectivity index (χ3n) is 4.61. The van der Waals surface area contributed by atoms with Crippen LogP contribution in [0.3, 0.4) is 0 Å². The Labute approximate surface area is 179 Å². The summed E-state index contributed by atoms with van der Waals surface area (Å²) in [6, 6.07) is 15.7. The summed E-state index contributed by atoms with van der Waals surface area (Å²) in [7, 11) is 0. The summed E-state index contributed by atoms with van der Waals surface area (Å²) in [5, 5.41) is 3.84. The van der Waals surface area contributed by atoms with Crippen LogP contribution in [0, 0.1) is 5.82 Å². The van der Waals surface area contributed by atoms with Gasteiger partial charge in [0.25, 0.3) is 0 Å². The second-order valence-corrected chi connectivity index (χ2v) is 7.03. The average Bonchev–Trinajstić information content (AvgIpc) is 3.22. The van der Waals surface area contributed by atoms with Crippen molar-refractivity contribution in [3.05, 3.63) is 76.6 Å². The number of rotatable bonds is 8. The van der Waals surface area contributed by atoms with Crippen LogP contribution < -0.4 is 24.3 Å². The Morgan fingerprint density at radius 1 is 0.967 bits per heavy atom. The molecular weight excluding hydrogens is 409 g/mol. The lowest BCUT2D eigenvalue weighted by molar-refractivity contribution is 0.174. The van der Waals surface area contributed by atoms with E-state index in [0.29, 0.717) is 41.0 Å². The SMILES string of the molecule is CCOc1cc(CNc2ccc3c(c2)OCO3)c(Cl)cc1OCc1ccccc1F. The minimum atomic E-state index is -0.314. The van der Waals surface area contributed by atoms with Gasteiger partial charge in [-0.25, -0.2) is 4.39 Å². The van der Waals surface area contributed by atoms with E-state index >= 15 is 0 Å². The largest absolute Gasteiger partial charge is 0.490 e. The van der Waals surface area contributed by atoms with Crippen LogP contribution in [-0.4, -0.2) is 13.4 Å². The van der Waals surface area contributed by atoms with Gasteiger partial charge in [0.2, 0.25) is 6.79 Å². The third-order valence-corrected chi connectivity index (χ3v) is 4.96. The molecule has 3 aromatic carbocycles. The predicted octanol–water partition coefficient (Wildman–Crippen LogP) is 5.80. The monoisotopic (exact) mass is 429 g/mol. The molecule has 0 radical (unpaired) electrons. The van der Waals surface area contributed by atoms with E-state index < -0.39 is 0 Å². The van der Waals surface area contributed by atoms with Crippen LogP contribution in [0.15, 0.2) is 54.6 Å². The Morgan fingerprint density at radius 3 is 2.60 bits per heavy atom. The average molecular weight is 430 g/mol.